The van der Waals surface area contributed by atoms with Gasteiger partial charge in [-0.2, -0.15) is 0 Å². The van der Waals surface area contributed by atoms with Crippen LogP contribution in [0.3, 0.4) is 0 Å². The summed E-state index contributed by atoms with van der Waals surface area (Å²) < 4.78 is 13.4. The van der Waals surface area contributed by atoms with Gasteiger partial charge in [0.15, 0.2) is 0 Å². The fourth-order valence-electron chi connectivity index (χ4n) is 5.07. The van der Waals surface area contributed by atoms with E-state index in [-0.39, 0.29) is 36.1 Å². The third-order valence-electron chi connectivity index (χ3n) is 6.74. The normalized spacial score (nSPS) is 19.7. The van der Waals surface area contributed by atoms with Crippen molar-refractivity contribution >= 4 is 17.5 Å². The van der Waals surface area contributed by atoms with Gasteiger partial charge in [-0.05, 0) is 54.3 Å². The number of carbonyl (C=O) groups excluding carboxylic acids is 2. The van der Waals surface area contributed by atoms with Crippen molar-refractivity contribution in [1.29, 1.82) is 0 Å². The molecule has 1 aromatic heterocycles. The van der Waals surface area contributed by atoms with E-state index in [2.05, 4.69) is 21.3 Å². The Balaban J connectivity index is 1.30. The zero-order chi connectivity index (χ0) is 23.5. The monoisotopic (exact) mass is 458 g/mol. The first-order valence-corrected chi connectivity index (χ1v) is 11.6. The molecule has 5 rings (SSSR count). The number of halogens is 1. The van der Waals surface area contributed by atoms with Crippen LogP contribution in [0.2, 0.25) is 0 Å². The minimum atomic E-state index is -0.336. The Morgan fingerprint density at radius 3 is 2.76 bits per heavy atom. The predicted molar refractivity (Wildman–Crippen MR) is 128 cm³/mol. The molecule has 3 heterocycles. The van der Waals surface area contributed by atoms with Crippen LogP contribution in [-0.2, 0) is 17.8 Å². The fourth-order valence-corrected chi connectivity index (χ4v) is 5.07. The first kappa shape index (κ1) is 22.2. The summed E-state index contributed by atoms with van der Waals surface area (Å²) in [4.78, 5) is 34.3. The van der Waals surface area contributed by atoms with Gasteiger partial charge in [0.05, 0.1) is 12.0 Å². The molecular formula is C27H27FN4O2. The lowest BCUT2D eigenvalue weighted by molar-refractivity contribution is -0.120. The van der Waals surface area contributed by atoms with Gasteiger partial charge in [0.2, 0.25) is 5.91 Å². The second-order valence-corrected chi connectivity index (χ2v) is 8.95. The highest BCUT2D eigenvalue weighted by Crippen LogP contribution is 2.35. The Hall–Kier alpha value is -3.58. The predicted octanol–water partition coefficient (Wildman–Crippen LogP) is 3.57. The molecular weight excluding hydrogens is 431 g/mol. The van der Waals surface area contributed by atoms with E-state index in [1.54, 1.807) is 36.7 Å². The van der Waals surface area contributed by atoms with Crippen LogP contribution in [0.25, 0.3) is 0 Å². The number of nitrogens with one attached hydrogen (secondary N) is 1. The Labute approximate surface area is 198 Å². The summed E-state index contributed by atoms with van der Waals surface area (Å²) in [5, 5.41) is 3.04. The van der Waals surface area contributed by atoms with E-state index in [1.807, 2.05) is 23.1 Å². The summed E-state index contributed by atoms with van der Waals surface area (Å²) in [6.07, 6.45) is 5.33. The number of amides is 2. The molecule has 0 radical (unpaired) electrons. The van der Waals surface area contributed by atoms with E-state index in [0.717, 1.165) is 30.6 Å². The van der Waals surface area contributed by atoms with Crippen LogP contribution in [0, 0.1) is 5.82 Å². The van der Waals surface area contributed by atoms with Gasteiger partial charge in [0.25, 0.3) is 5.91 Å². The van der Waals surface area contributed by atoms with Gasteiger partial charge >= 0.3 is 0 Å². The molecule has 2 aliphatic rings. The van der Waals surface area contributed by atoms with E-state index < -0.39 is 0 Å². The van der Waals surface area contributed by atoms with Gasteiger partial charge in [-0.15, -0.1) is 0 Å². The number of aromatic nitrogens is 1. The number of hydrogen-bond acceptors (Lipinski definition) is 4. The molecule has 2 aromatic carbocycles. The summed E-state index contributed by atoms with van der Waals surface area (Å²) in [6.45, 7) is 1.85. The molecule has 0 unspecified atom stereocenters. The Morgan fingerprint density at radius 1 is 1.06 bits per heavy atom. The largest absolute Gasteiger partial charge is 0.354 e. The molecule has 1 fully saturated rings. The van der Waals surface area contributed by atoms with Crippen molar-refractivity contribution in [3.05, 3.63) is 95.6 Å². The highest BCUT2D eigenvalue weighted by atomic mass is 19.1. The smallest absolute Gasteiger partial charge is 0.259 e. The van der Waals surface area contributed by atoms with Gasteiger partial charge in [-0.25, -0.2) is 4.39 Å². The second-order valence-electron chi connectivity index (χ2n) is 8.95. The third-order valence-corrected chi connectivity index (χ3v) is 6.74. The molecule has 1 saturated heterocycles. The minimum absolute atomic E-state index is 0.0470. The van der Waals surface area contributed by atoms with E-state index in [9.17, 15) is 14.0 Å². The first-order chi connectivity index (χ1) is 16.6. The van der Waals surface area contributed by atoms with Gasteiger partial charge in [0, 0.05) is 49.8 Å². The van der Waals surface area contributed by atoms with E-state index in [4.69, 9.17) is 0 Å². The maximum absolute atomic E-state index is 13.4. The average molecular weight is 459 g/mol. The van der Waals surface area contributed by atoms with Crippen molar-refractivity contribution in [1.82, 2.24) is 15.2 Å². The van der Waals surface area contributed by atoms with Crippen molar-refractivity contribution < 1.29 is 14.0 Å². The van der Waals surface area contributed by atoms with Crippen molar-refractivity contribution in [2.24, 2.45) is 0 Å². The number of carbonyl (C=O) groups is 2. The zero-order valence-corrected chi connectivity index (χ0v) is 18.9. The molecule has 0 saturated carbocycles. The van der Waals surface area contributed by atoms with Crippen LogP contribution >= 0.6 is 0 Å². The van der Waals surface area contributed by atoms with Gasteiger partial charge in [0.1, 0.15) is 5.82 Å². The van der Waals surface area contributed by atoms with Gasteiger partial charge < -0.3 is 10.2 Å². The Bertz CT molecular complexity index is 1190. The third kappa shape index (κ3) is 4.70. The number of para-hydroxylation sites is 1. The first-order valence-electron chi connectivity index (χ1n) is 11.6. The quantitative estimate of drug-likeness (QED) is 0.635. The van der Waals surface area contributed by atoms with E-state index in [1.165, 1.54) is 12.1 Å². The number of benzene rings is 2. The number of anilines is 1. The van der Waals surface area contributed by atoms with Crippen molar-refractivity contribution in [2.45, 2.75) is 37.9 Å². The number of pyridine rings is 1. The fraction of sp³-hybridized carbons (Fsp3) is 0.296. The second kappa shape index (κ2) is 9.73. The topological polar surface area (TPSA) is 65.5 Å². The molecule has 3 aromatic rings. The summed E-state index contributed by atoms with van der Waals surface area (Å²) >= 11 is 0. The van der Waals surface area contributed by atoms with Gasteiger partial charge in [-0.1, -0.05) is 30.3 Å². The zero-order valence-electron chi connectivity index (χ0n) is 18.9. The van der Waals surface area contributed by atoms with Crippen molar-refractivity contribution in [2.75, 3.05) is 18.0 Å². The van der Waals surface area contributed by atoms with E-state index >= 15 is 0 Å². The molecule has 6 nitrogen and oxygen atoms in total. The summed E-state index contributed by atoms with van der Waals surface area (Å²) in [5.41, 5.74) is 3.26. The number of fused-ring (bicyclic) bond motifs is 2. The Kier molecular flexibility index (Phi) is 6.36. The maximum atomic E-state index is 13.4. The summed E-state index contributed by atoms with van der Waals surface area (Å²) in [6, 6.07) is 18.1. The molecule has 1 N–H and O–H groups in total. The lowest BCUT2D eigenvalue weighted by atomic mass is 10.1. The SMILES string of the molecule is O=C(Cc1cccc(F)c1)NC[C@H]1CC[C@@H]2CN(C(=O)c3cccnc3)c3ccccc3CN12. The maximum Gasteiger partial charge on any atom is 0.259 e. The summed E-state index contributed by atoms with van der Waals surface area (Å²) in [7, 11) is 0. The number of nitrogens with zero attached hydrogens (tertiary/aromatic N) is 3. The minimum Gasteiger partial charge on any atom is -0.354 e. The van der Waals surface area contributed by atoms with Crippen molar-refractivity contribution in [3.63, 3.8) is 0 Å². The molecule has 174 valence electrons. The highest BCUT2D eigenvalue weighted by molar-refractivity contribution is 6.06. The standard InChI is InChI=1S/C27H27FN4O2/c28-22-8-3-5-19(13-22)14-26(33)30-16-23-10-11-24-18-32(27(34)20-7-4-12-29-15-20)25-9-2-1-6-21(25)17-31(23)24/h1-9,12-13,15,23-24H,10-11,14,16-18H2,(H,30,33)/t23-,24-/m1/s1. The van der Waals surface area contributed by atoms with Crippen LogP contribution in [0.4, 0.5) is 10.1 Å². The lowest BCUT2D eigenvalue weighted by Gasteiger charge is -2.29. The highest BCUT2D eigenvalue weighted by Gasteiger charge is 2.39. The van der Waals surface area contributed by atoms with E-state index in [0.29, 0.717) is 24.2 Å². The van der Waals surface area contributed by atoms with Crippen LogP contribution in [0.5, 0.6) is 0 Å². The van der Waals surface area contributed by atoms with Crippen LogP contribution in [0.1, 0.15) is 34.3 Å². The molecule has 2 atom stereocenters. The average Bonchev–Trinajstić information content (AvgIpc) is 3.14. The van der Waals surface area contributed by atoms with Gasteiger partial charge in [-0.3, -0.25) is 19.5 Å². The van der Waals surface area contributed by atoms with Crippen LogP contribution in [-0.4, -0.2) is 46.9 Å². The molecule has 7 heteroatoms. The molecule has 2 aliphatic heterocycles. The van der Waals surface area contributed by atoms with Crippen molar-refractivity contribution in [3.8, 4) is 0 Å². The molecule has 2 amide bonds. The number of rotatable bonds is 5. The molecule has 0 bridgehead atoms. The Morgan fingerprint density at radius 2 is 1.94 bits per heavy atom. The van der Waals surface area contributed by atoms with Crippen LogP contribution < -0.4 is 10.2 Å². The summed E-state index contributed by atoms with van der Waals surface area (Å²) in [5.74, 6) is -0.496. The number of hydrogen-bond donors (Lipinski definition) is 1. The molecule has 0 spiro atoms. The lowest BCUT2D eigenvalue weighted by Crippen LogP contribution is -2.46. The molecule has 0 aliphatic carbocycles. The molecule has 34 heavy (non-hydrogen) atoms. The van der Waals surface area contributed by atoms with Crippen LogP contribution in [0.15, 0.2) is 73.1 Å².